The molecule has 24 heteroatoms. The molecule has 1 aromatic carbocycles. The fraction of sp³-hybridized carbons (Fsp3) is 0.724. The highest BCUT2D eigenvalue weighted by Gasteiger charge is 2.26. The molecule has 0 unspecified atom stereocenters. The summed E-state index contributed by atoms with van der Waals surface area (Å²) in [6, 6.07) is 4.86. The van der Waals surface area contributed by atoms with Crippen LogP contribution in [-0.4, -0.2) is 147 Å². The second kappa shape index (κ2) is 44.6. The molecule has 0 spiro atoms. The number of Topliss-reactive ketones (excluding diaryl/α,β-unsaturated/α-hetero) is 3. The number of rotatable bonds is 54. The third kappa shape index (κ3) is 37.2. The van der Waals surface area contributed by atoms with Gasteiger partial charge in [-0.1, -0.05) is 84.0 Å². The Bertz CT molecular complexity index is 2280. The first kappa shape index (κ1) is 72.1. The van der Waals surface area contributed by atoms with Crippen molar-refractivity contribution in [2.75, 3.05) is 62.9 Å². The summed E-state index contributed by atoms with van der Waals surface area (Å²) in [5, 5.41) is 41.9. The predicted octanol–water partition coefficient (Wildman–Crippen LogP) is 7.38. The number of ketones is 3. The Labute approximate surface area is 484 Å². The molecule has 1 heterocycles. The van der Waals surface area contributed by atoms with Crippen LogP contribution in [-0.2, 0) is 57.7 Å². The Morgan fingerprint density at radius 3 is 1.85 bits per heavy atom. The fourth-order valence-electron chi connectivity index (χ4n) is 9.00. The molecule has 3 atom stereocenters. The SMILES string of the molecule is CCCCNc1ccc(C(=O)NCCCC[C@H](NC(=O)COCCOCCCC(=O)CC[C@H](NC(=O)CC[C@H](CC(=O)CCCS(=O)(=O)CC(=O)CCCCCCCCCCCCCCCC2=NN=NC2)C(=O)O)C(=O)O)C(N)=O)cc1. The minimum Gasteiger partial charge on any atom is -0.481 e. The largest absolute Gasteiger partial charge is 0.481 e. The number of hydrogen-bond acceptors (Lipinski definition) is 17. The van der Waals surface area contributed by atoms with E-state index in [1.165, 1.54) is 44.9 Å². The van der Waals surface area contributed by atoms with Gasteiger partial charge in [0.1, 0.15) is 48.3 Å². The van der Waals surface area contributed by atoms with E-state index in [2.05, 4.69) is 43.6 Å². The van der Waals surface area contributed by atoms with Crippen LogP contribution >= 0.6 is 0 Å². The number of amides is 4. The van der Waals surface area contributed by atoms with Gasteiger partial charge in [-0.15, -0.1) is 5.10 Å². The van der Waals surface area contributed by atoms with E-state index in [1.807, 2.05) is 12.1 Å². The van der Waals surface area contributed by atoms with Crippen LogP contribution in [0.5, 0.6) is 0 Å². The molecule has 82 heavy (non-hydrogen) atoms. The number of unbranched alkanes of at least 4 members (excludes halogenated alkanes) is 14. The van der Waals surface area contributed by atoms with E-state index in [4.69, 9.17) is 15.2 Å². The molecule has 4 amide bonds. The summed E-state index contributed by atoms with van der Waals surface area (Å²) in [7, 11) is -3.76. The van der Waals surface area contributed by atoms with Crippen molar-refractivity contribution in [1.29, 1.82) is 0 Å². The number of carbonyl (C=O) groups is 9. The maximum Gasteiger partial charge on any atom is 0.326 e. The van der Waals surface area contributed by atoms with E-state index in [-0.39, 0.29) is 95.3 Å². The first-order valence-corrected chi connectivity index (χ1v) is 31.5. The van der Waals surface area contributed by atoms with Crippen molar-refractivity contribution >= 4 is 74.2 Å². The van der Waals surface area contributed by atoms with Crippen LogP contribution in [0.15, 0.2) is 39.7 Å². The van der Waals surface area contributed by atoms with Crippen LogP contribution in [0.1, 0.15) is 203 Å². The highest BCUT2D eigenvalue weighted by Crippen LogP contribution is 2.18. The van der Waals surface area contributed by atoms with Crippen molar-refractivity contribution in [2.24, 2.45) is 27.1 Å². The Hall–Kier alpha value is -6.01. The topological polar surface area (TPSA) is 358 Å². The molecule has 23 nitrogen and oxygen atoms in total. The van der Waals surface area contributed by atoms with Gasteiger partial charge in [0.2, 0.25) is 17.7 Å². The lowest BCUT2D eigenvalue weighted by atomic mass is 9.95. The van der Waals surface area contributed by atoms with Crippen LogP contribution in [0.25, 0.3) is 0 Å². The molecule has 0 radical (unpaired) electrons. The second-order valence-electron chi connectivity index (χ2n) is 21.1. The number of primary amides is 1. The third-order valence-corrected chi connectivity index (χ3v) is 15.5. The van der Waals surface area contributed by atoms with Crippen LogP contribution in [0.3, 0.4) is 0 Å². The van der Waals surface area contributed by atoms with Crippen LogP contribution in [0, 0.1) is 5.92 Å². The monoisotopic (exact) mass is 1170 g/mol. The molecular weight excluding hydrogens is 1080 g/mol. The summed E-state index contributed by atoms with van der Waals surface area (Å²) in [5.41, 5.74) is 8.04. The fourth-order valence-corrected chi connectivity index (χ4v) is 10.4. The smallest absolute Gasteiger partial charge is 0.326 e. The van der Waals surface area contributed by atoms with Crippen molar-refractivity contribution in [2.45, 2.75) is 205 Å². The Balaban J connectivity index is 1.50. The second-order valence-corrected chi connectivity index (χ2v) is 23.3. The molecule has 0 aliphatic carbocycles. The van der Waals surface area contributed by atoms with Crippen LogP contribution < -0.4 is 27.0 Å². The van der Waals surface area contributed by atoms with Gasteiger partial charge in [0.15, 0.2) is 9.84 Å². The molecule has 1 aliphatic heterocycles. The summed E-state index contributed by atoms with van der Waals surface area (Å²) in [4.78, 5) is 111. The van der Waals surface area contributed by atoms with Crippen molar-refractivity contribution < 1.29 is 71.3 Å². The average Bonchev–Trinajstić information content (AvgIpc) is 3.96. The summed E-state index contributed by atoms with van der Waals surface area (Å²) in [6.45, 7) is 3.95. The molecule has 0 aromatic heterocycles. The number of hydrogen-bond donors (Lipinski definition) is 7. The summed E-state index contributed by atoms with van der Waals surface area (Å²) < 4.78 is 36.0. The minimum atomic E-state index is -3.76. The number of ether oxygens (including phenoxy) is 2. The number of carboxylic acid groups (broad SMARTS) is 2. The zero-order valence-electron chi connectivity index (χ0n) is 48.4. The number of nitrogens with zero attached hydrogens (tertiary/aromatic N) is 3. The number of aliphatic carboxylic acids is 2. The molecule has 0 saturated heterocycles. The normalized spacial score (nSPS) is 13.2. The number of benzene rings is 1. The van der Waals surface area contributed by atoms with Crippen molar-refractivity contribution in [3.8, 4) is 0 Å². The lowest BCUT2D eigenvalue weighted by Gasteiger charge is -2.16. The van der Waals surface area contributed by atoms with E-state index < -0.39 is 87.6 Å². The molecule has 0 bridgehead atoms. The highest BCUT2D eigenvalue weighted by molar-refractivity contribution is 7.92. The molecule has 8 N–H and O–H groups in total. The molecule has 1 aromatic rings. The van der Waals surface area contributed by atoms with Gasteiger partial charge in [-0.05, 0) is 100 Å². The van der Waals surface area contributed by atoms with Gasteiger partial charge in [0.05, 0.1) is 30.6 Å². The lowest BCUT2D eigenvalue weighted by molar-refractivity contribution is -0.145. The molecule has 0 fully saturated rings. The Morgan fingerprint density at radius 1 is 0.610 bits per heavy atom. The number of anilines is 1. The summed E-state index contributed by atoms with van der Waals surface area (Å²) >= 11 is 0. The first-order chi connectivity index (χ1) is 39.4. The first-order valence-electron chi connectivity index (χ1n) is 29.7. The number of carbonyl (C=O) groups excluding carboxylic acids is 7. The molecule has 1 aliphatic rings. The van der Waals surface area contributed by atoms with E-state index >= 15 is 0 Å². The van der Waals surface area contributed by atoms with E-state index in [0.717, 1.165) is 69.3 Å². The quantitative estimate of drug-likeness (QED) is 0.0313. The van der Waals surface area contributed by atoms with Gasteiger partial charge in [-0.3, -0.25) is 38.4 Å². The lowest BCUT2D eigenvalue weighted by Crippen LogP contribution is -2.45. The van der Waals surface area contributed by atoms with Gasteiger partial charge in [-0.2, -0.15) is 5.11 Å². The maximum atomic E-state index is 12.7. The number of sulfone groups is 1. The van der Waals surface area contributed by atoms with Gasteiger partial charge in [-0.25, -0.2) is 13.2 Å². The zero-order chi connectivity index (χ0) is 60.2. The predicted molar refractivity (Wildman–Crippen MR) is 311 cm³/mol. The minimum absolute atomic E-state index is 0.0392. The van der Waals surface area contributed by atoms with Crippen molar-refractivity contribution in [3.63, 3.8) is 0 Å². The number of nitrogens with two attached hydrogens (primary N) is 1. The highest BCUT2D eigenvalue weighted by atomic mass is 32.2. The van der Waals surface area contributed by atoms with Crippen molar-refractivity contribution in [1.82, 2.24) is 16.0 Å². The average molecular weight is 1180 g/mol. The molecular formula is C58H94N8O15S. The Morgan fingerprint density at radius 2 is 1.23 bits per heavy atom. The number of carboxylic acids is 2. The zero-order valence-corrected chi connectivity index (χ0v) is 49.3. The Kier molecular flexibility index (Phi) is 39.2. The maximum absolute atomic E-state index is 12.7. The van der Waals surface area contributed by atoms with E-state index in [0.29, 0.717) is 44.3 Å². The van der Waals surface area contributed by atoms with Crippen LogP contribution in [0.2, 0.25) is 0 Å². The van der Waals surface area contributed by atoms with Crippen molar-refractivity contribution in [3.05, 3.63) is 29.8 Å². The summed E-state index contributed by atoms with van der Waals surface area (Å²) in [6.07, 6.45) is 17.6. The van der Waals surface area contributed by atoms with Crippen LogP contribution in [0.4, 0.5) is 5.69 Å². The molecule has 2 rings (SSSR count). The summed E-state index contributed by atoms with van der Waals surface area (Å²) in [5.74, 6) is -8.43. The van der Waals surface area contributed by atoms with Gasteiger partial charge in [0, 0.05) is 69.5 Å². The van der Waals surface area contributed by atoms with E-state index in [1.54, 1.807) is 12.1 Å². The number of nitrogens with one attached hydrogen (secondary N) is 4. The molecule has 0 saturated carbocycles. The molecule has 462 valence electrons. The van der Waals surface area contributed by atoms with E-state index in [9.17, 15) is 61.8 Å². The standard InChI is InChI=1S/C58H94N8O15S/c1-2-3-34-60-46-29-26-44(27-30-46)56(73)61-35-18-17-25-51(55(59)72)63-54(71)42-81-38-37-80-36-19-23-48(67)31-32-52(58(76)77)64-53(70)33-28-45(57(74)75)40-49(68)24-20-39-82(78,79)43-50(69)22-16-14-12-10-8-6-4-5-7-9-11-13-15-21-47-41-62-66-65-47/h26-27,29-30,45,51-52,60H,2-25,28,31-43H2,1H3,(H2,59,72)(H,61,73)(H,63,71)(H,64,70)(H,74,75)(H,76,77)/t45-,51+,52+/m1/s1. The van der Waals surface area contributed by atoms with Gasteiger partial charge < -0.3 is 46.7 Å². The van der Waals surface area contributed by atoms with Gasteiger partial charge >= 0.3 is 11.9 Å². The van der Waals surface area contributed by atoms with Gasteiger partial charge in [0.25, 0.3) is 5.91 Å². The third-order valence-electron chi connectivity index (χ3n) is 13.8.